The average Bonchev–Trinajstić information content (AvgIpc) is 2.84. The van der Waals surface area contributed by atoms with Gasteiger partial charge in [-0.2, -0.15) is 0 Å². The van der Waals surface area contributed by atoms with E-state index in [0.717, 1.165) is 12.8 Å². The lowest BCUT2D eigenvalue weighted by molar-refractivity contribution is -0.137. The molecule has 0 aliphatic carbocycles. The average molecular weight is 332 g/mol. The molecule has 2 amide bonds. The highest BCUT2D eigenvalue weighted by Gasteiger charge is 2.35. The van der Waals surface area contributed by atoms with E-state index in [4.69, 9.17) is 5.11 Å². The van der Waals surface area contributed by atoms with Crippen LogP contribution in [0.25, 0.3) is 0 Å². The van der Waals surface area contributed by atoms with Crippen LogP contribution in [-0.4, -0.2) is 73.0 Å². The number of rotatable bonds is 4. The lowest BCUT2D eigenvalue weighted by Gasteiger charge is -2.36. The number of urea groups is 1. The first-order valence-electron chi connectivity index (χ1n) is 7.72. The van der Waals surface area contributed by atoms with Crippen LogP contribution < -0.4 is 0 Å². The van der Waals surface area contributed by atoms with E-state index >= 15 is 0 Å². The van der Waals surface area contributed by atoms with E-state index < -0.39 is 15.8 Å². The number of likely N-dealkylation sites (tertiary alicyclic amines) is 1. The maximum absolute atomic E-state index is 12.4. The number of carboxylic acids is 1. The first kappa shape index (κ1) is 17.1. The van der Waals surface area contributed by atoms with E-state index in [1.54, 1.807) is 16.8 Å². The largest absolute Gasteiger partial charge is 0.481 e. The minimum Gasteiger partial charge on any atom is -0.481 e. The maximum Gasteiger partial charge on any atom is 0.320 e. The quantitative estimate of drug-likeness (QED) is 0.822. The smallest absolute Gasteiger partial charge is 0.320 e. The minimum absolute atomic E-state index is 0.0598. The van der Waals surface area contributed by atoms with Gasteiger partial charge in [-0.05, 0) is 31.6 Å². The summed E-state index contributed by atoms with van der Waals surface area (Å²) in [5.74, 6) is -0.199. The number of aliphatic carboxylic acids is 1. The molecule has 0 radical (unpaired) electrons. The van der Waals surface area contributed by atoms with Crippen LogP contribution in [0.1, 0.15) is 32.1 Å². The molecular formula is C14H24N2O5S. The van der Waals surface area contributed by atoms with Crippen LogP contribution in [0.2, 0.25) is 0 Å². The first-order chi connectivity index (χ1) is 10.3. The molecule has 1 unspecified atom stereocenters. The summed E-state index contributed by atoms with van der Waals surface area (Å²) in [5.41, 5.74) is 0. The molecule has 2 fully saturated rings. The van der Waals surface area contributed by atoms with Crippen molar-refractivity contribution in [3.8, 4) is 0 Å². The van der Waals surface area contributed by atoms with E-state index in [0.29, 0.717) is 31.8 Å². The van der Waals surface area contributed by atoms with Gasteiger partial charge in [0.2, 0.25) is 0 Å². The van der Waals surface area contributed by atoms with Crippen molar-refractivity contribution in [3.63, 3.8) is 0 Å². The molecule has 8 heteroatoms. The Morgan fingerprint density at radius 1 is 1.23 bits per heavy atom. The molecule has 2 aliphatic heterocycles. The summed E-state index contributed by atoms with van der Waals surface area (Å²) in [6.45, 7) is 1.24. The molecule has 0 bridgehead atoms. The van der Waals surface area contributed by atoms with Gasteiger partial charge in [-0.3, -0.25) is 4.79 Å². The SMILES string of the molecule is CN(C(=O)N1CCC(CCC(=O)O)CC1)C1CCS(=O)(=O)C1. The highest BCUT2D eigenvalue weighted by atomic mass is 32.2. The van der Waals surface area contributed by atoms with Crippen molar-refractivity contribution in [2.75, 3.05) is 31.6 Å². The molecule has 7 nitrogen and oxygen atoms in total. The highest BCUT2D eigenvalue weighted by molar-refractivity contribution is 7.91. The van der Waals surface area contributed by atoms with Gasteiger partial charge >= 0.3 is 12.0 Å². The number of sulfone groups is 1. The Hall–Kier alpha value is -1.31. The molecular weight excluding hydrogens is 308 g/mol. The predicted molar refractivity (Wildman–Crippen MR) is 81.4 cm³/mol. The number of carboxylic acid groups (broad SMARTS) is 1. The zero-order valence-electron chi connectivity index (χ0n) is 12.9. The zero-order chi connectivity index (χ0) is 16.3. The second-order valence-electron chi connectivity index (χ2n) is 6.31. The molecule has 1 N–H and O–H groups in total. The molecule has 0 aromatic rings. The summed E-state index contributed by atoms with van der Waals surface area (Å²) < 4.78 is 23.0. The van der Waals surface area contributed by atoms with Crippen molar-refractivity contribution < 1.29 is 23.1 Å². The van der Waals surface area contributed by atoms with Crippen molar-refractivity contribution in [1.82, 2.24) is 9.80 Å². The molecule has 2 heterocycles. The summed E-state index contributed by atoms with van der Waals surface area (Å²) in [4.78, 5) is 26.3. The van der Waals surface area contributed by atoms with E-state index in [-0.39, 0.29) is 30.0 Å². The summed E-state index contributed by atoms with van der Waals surface area (Å²) in [7, 11) is -1.33. The number of carbonyl (C=O) groups is 2. The summed E-state index contributed by atoms with van der Waals surface area (Å²) in [6.07, 6.45) is 2.98. The molecule has 2 saturated heterocycles. The van der Waals surface area contributed by atoms with Crippen molar-refractivity contribution >= 4 is 21.8 Å². The van der Waals surface area contributed by atoms with E-state index in [1.165, 1.54) is 0 Å². The third-order valence-electron chi connectivity index (χ3n) is 4.71. The second kappa shape index (κ2) is 6.85. The predicted octanol–water partition coefficient (Wildman–Crippen LogP) is 0.802. The highest BCUT2D eigenvalue weighted by Crippen LogP contribution is 2.24. The lowest BCUT2D eigenvalue weighted by atomic mass is 9.92. The normalized spacial score (nSPS) is 25.1. The van der Waals surface area contributed by atoms with Crippen molar-refractivity contribution in [2.45, 2.75) is 38.1 Å². The van der Waals surface area contributed by atoms with Gasteiger partial charge in [0, 0.05) is 32.6 Å². The number of piperidine rings is 1. The zero-order valence-corrected chi connectivity index (χ0v) is 13.7. The fourth-order valence-electron chi connectivity index (χ4n) is 3.20. The lowest BCUT2D eigenvalue weighted by Crippen LogP contribution is -2.49. The topological polar surface area (TPSA) is 95.0 Å². The molecule has 1 atom stereocenters. The Morgan fingerprint density at radius 2 is 1.86 bits per heavy atom. The molecule has 22 heavy (non-hydrogen) atoms. The number of nitrogens with zero attached hydrogens (tertiary/aromatic N) is 2. The first-order valence-corrected chi connectivity index (χ1v) is 9.54. The van der Waals surface area contributed by atoms with Gasteiger partial charge in [-0.15, -0.1) is 0 Å². The van der Waals surface area contributed by atoms with Crippen LogP contribution in [0.3, 0.4) is 0 Å². The summed E-state index contributed by atoms with van der Waals surface area (Å²) >= 11 is 0. The molecule has 2 aliphatic rings. The van der Waals surface area contributed by atoms with Gasteiger partial charge in [0.1, 0.15) is 0 Å². The van der Waals surface area contributed by atoms with E-state index in [2.05, 4.69) is 0 Å². The van der Waals surface area contributed by atoms with Crippen LogP contribution in [0.15, 0.2) is 0 Å². The molecule has 0 aromatic carbocycles. The van der Waals surface area contributed by atoms with Crippen LogP contribution in [-0.2, 0) is 14.6 Å². The van der Waals surface area contributed by atoms with Gasteiger partial charge in [0.25, 0.3) is 0 Å². The van der Waals surface area contributed by atoms with E-state index in [9.17, 15) is 18.0 Å². The number of hydrogen-bond acceptors (Lipinski definition) is 4. The number of carbonyl (C=O) groups excluding carboxylic acids is 1. The molecule has 0 saturated carbocycles. The monoisotopic (exact) mass is 332 g/mol. The fraction of sp³-hybridized carbons (Fsp3) is 0.857. The standard InChI is InChI=1S/C14H24N2O5S/c1-15(12-6-9-22(20,21)10-12)14(19)16-7-4-11(5-8-16)2-3-13(17)18/h11-12H,2-10H2,1H3,(H,17,18). The number of hydrogen-bond donors (Lipinski definition) is 1. The van der Waals surface area contributed by atoms with Crippen LogP contribution in [0.4, 0.5) is 4.79 Å². The summed E-state index contributed by atoms with van der Waals surface area (Å²) in [6, 6.07) is -0.332. The third kappa shape index (κ3) is 4.34. The Balaban J connectivity index is 1.81. The summed E-state index contributed by atoms with van der Waals surface area (Å²) in [5, 5.41) is 8.70. The van der Waals surface area contributed by atoms with Gasteiger partial charge in [-0.25, -0.2) is 13.2 Å². The fourth-order valence-corrected chi connectivity index (χ4v) is 4.97. The Labute approximate surface area is 131 Å². The maximum atomic E-state index is 12.4. The molecule has 0 spiro atoms. The Morgan fingerprint density at radius 3 is 2.36 bits per heavy atom. The van der Waals surface area contributed by atoms with Crippen LogP contribution in [0, 0.1) is 5.92 Å². The Kier molecular flexibility index (Phi) is 5.31. The third-order valence-corrected chi connectivity index (χ3v) is 6.46. The molecule has 0 aromatic heterocycles. The van der Waals surface area contributed by atoms with Gasteiger partial charge in [0.15, 0.2) is 9.84 Å². The van der Waals surface area contributed by atoms with Crippen molar-refractivity contribution in [3.05, 3.63) is 0 Å². The van der Waals surface area contributed by atoms with Gasteiger partial charge < -0.3 is 14.9 Å². The molecule has 2 rings (SSSR count). The molecule has 126 valence electrons. The number of amides is 2. The van der Waals surface area contributed by atoms with Gasteiger partial charge in [-0.1, -0.05) is 0 Å². The second-order valence-corrected chi connectivity index (χ2v) is 8.54. The minimum atomic E-state index is -3.00. The Bertz CT molecular complexity index is 525. The van der Waals surface area contributed by atoms with Gasteiger partial charge in [0.05, 0.1) is 11.5 Å². The van der Waals surface area contributed by atoms with Crippen molar-refractivity contribution in [1.29, 1.82) is 0 Å². The van der Waals surface area contributed by atoms with Crippen molar-refractivity contribution in [2.24, 2.45) is 5.92 Å². The van der Waals surface area contributed by atoms with E-state index in [1.807, 2.05) is 0 Å². The van der Waals surface area contributed by atoms with Crippen LogP contribution >= 0.6 is 0 Å². The van der Waals surface area contributed by atoms with Crippen LogP contribution in [0.5, 0.6) is 0 Å².